The van der Waals surface area contributed by atoms with Crippen molar-refractivity contribution in [2.45, 2.75) is 44.8 Å². The molecular weight excluding hydrogens is 358 g/mol. The van der Waals surface area contributed by atoms with Gasteiger partial charge in [0.25, 0.3) is 0 Å². The second kappa shape index (κ2) is 8.07. The smallest absolute Gasteiger partial charge is 0.341 e. The van der Waals surface area contributed by atoms with Gasteiger partial charge in [0.15, 0.2) is 0 Å². The summed E-state index contributed by atoms with van der Waals surface area (Å²) in [5.41, 5.74) is 0.503. The zero-order valence-corrected chi connectivity index (χ0v) is 16.6. The Morgan fingerprint density at radius 2 is 2.00 bits per heavy atom. The van der Waals surface area contributed by atoms with E-state index in [9.17, 15) is 9.59 Å². The van der Waals surface area contributed by atoms with Crippen molar-refractivity contribution in [3.05, 3.63) is 23.9 Å². The number of methoxy groups -OCH3 is 1. The number of aromatic nitrogens is 1. The average Bonchev–Trinajstić information content (AvgIpc) is 3.43. The fraction of sp³-hybridized carbons (Fsp3) is 0.667. The molecule has 4 atom stereocenters. The van der Waals surface area contributed by atoms with Crippen LogP contribution in [0.5, 0.6) is 0 Å². The number of hydrogen-bond donors (Lipinski definition) is 1. The summed E-state index contributed by atoms with van der Waals surface area (Å²) >= 11 is 0. The average molecular weight is 387 g/mol. The van der Waals surface area contributed by atoms with Crippen LogP contribution in [0.1, 0.15) is 43.0 Å². The maximum absolute atomic E-state index is 12.1. The van der Waals surface area contributed by atoms with Gasteiger partial charge in [-0.3, -0.25) is 4.79 Å². The molecule has 1 amide bonds. The molecule has 1 saturated heterocycles. The van der Waals surface area contributed by atoms with Crippen LogP contribution in [0, 0.1) is 17.8 Å². The fourth-order valence-corrected chi connectivity index (χ4v) is 4.65. The van der Waals surface area contributed by atoms with E-state index in [0.717, 1.165) is 32.5 Å². The number of carbonyl (C=O) groups excluding carboxylic acids is 2. The number of hydrogen-bond acceptors (Lipinski definition) is 6. The van der Waals surface area contributed by atoms with Gasteiger partial charge < -0.3 is 19.7 Å². The SMILES string of the molecule is COC(=O)c1cccnc1N1C[C@H]2C[C@@H](NC(C)=O)[C@H](OCC3CC3)C[C@H]2C1. The zero-order chi connectivity index (χ0) is 19.7. The number of esters is 1. The van der Waals surface area contributed by atoms with Crippen molar-refractivity contribution >= 4 is 17.7 Å². The van der Waals surface area contributed by atoms with E-state index in [0.29, 0.717) is 29.1 Å². The minimum atomic E-state index is -0.361. The molecule has 2 saturated carbocycles. The number of nitrogens with zero attached hydrogens (tertiary/aromatic N) is 2. The summed E-state index contributed by atoms with van der Waals surface area (Å²) in [6, 6.07) is 3.58. The Balaban J connectivity index is 1.48. The number of carbonyl (C=O) groups is 2. The molecule has 1 aromatic heterocycles. The molecule has 0 unspecified atom stereocenters. The van der Waals surface area contributed by atoms with Gasteiger partial charge in [0.05, 0.1) is 19.3 Å². The highest BCUT2D eigenvalue weighted by Gasteiger charge is 2.44. The van der Waals surface area contributed by atoms with Crippen LogP contribution in [0.3, 0.4) is 0 Å². The van der Waals surface area contributed by atoms with E-state index in [2.05, 4.69) is 15.2 Å². The number of pyridine rings is 1. The number of ether oxygens (including phenoxy) is 2. The van der Waals surface area contributed by atoms with Crippen LogP contribution < -0.4 is 10.2 Å². The van der Waals surface area contributed by atoms with Gasteiger partial charge in [-0.15, -0.1) is 0 Å². The van der Waals surface area contributed by atoms with Gasteiger partial charge >= 0.3 is 5.97 Å². The first-order valence-corrected chi connectivity index (χ1v) is 10.2. The number of fused-ring (bicyclic) bond motifs is 1. The quantitative estimate of drug-likeness (QED) is 0.752. The third-order valence-electron chi connectivity index (χ3n) is 6.24. The Hall–Kier alpha value is -2.15. The van der Waals surface area contributed by atoms with Gasteiger partial charge in [-0.2, -0.15) is 0 Å². The van der Waals surface area contributed by atoms with Crippen molar-refractivity contribution in [3.63, 3.8) is 0 Å². The topological polar surface area (TPSA) is 80.8 Å². The second-order valence-corrected chi connectivity index (χ2v) is 8.38. The lowest BCUT2D eigenvalue weighted by atomic mass is 9.77. The fourth-order valence-electron chi connectivity index (χ4n) is 4.65. The Labute approximate surface area is 165 Å². The standard InChI is InChI=1S/C21H29N3O4/c1-13(25)23-18-8-15-10-24(20-17(21(26)27-2)4-3-7-22-20)11-16(15)9-19(18)28-12-14-5-6-14/h3-4,7,14-16,18-19H,5-6,8-12H2,1-2H3,(H,23,25)/t15-,16+,18-,19-/m1/s1. The molecule has 1 N–H and O–H groups in total. The number of anilines is 1. The summed E-state index contributed by atoms with van der Waals surface area (Å²) in [7, 11) is 1.39. The number of rotatable bonds is 6. The molecule has 3 fully saturated rings. The highest BCUT2D eigenvalue weighted by atomic mass is 16.5. The number of nitrogens with one attached hydrogen (secondary N) is 1. The Kier molecular flexibility index (Phi) is 5.53. The Bertz CT molecular complexity index is 736. The lowest BCUT2D eigenvalue weighted by Crippen LogP contribution is -2.50. The van der Waals surface area contributed by atoms with Gasteiger partial charge in [0.1, 0.15) is 11.4 Å². The molecule has 7 nitrogen and oxygen atoms in total. The maximum atomic E-state index is 12.1. The van der Waals surface area contributed by atoms with E-state index in [1.807, 2.05) is 0 Å². The Morgan fingerprint density at radius 3 is 2.68 bits per heavy atom. The summed E-state index contributed by atoms with van der Waals surface area (Å²) in [4.78, 5) is 30.5. The van der Waals surface area contributed by atoms with Gasteiger partial charge in [-0.1, -0.05) is 0 Å². The number of amides is 1. The molecule has 4 rings (SSSR count). The first-order chi connectivity index (χ1) is 13.5. The zero-order valence-electron chi connectivity index (χ0n) is 16.6. The van der Waals surface area contributed by atoms with Crippen LogP contribution in [0.2, 0.25) is 0 Å². The monoisotopic (exact) mass is 387 g/mol. The molecule has 0 spiro atoms. The molecule has 3 aliphatic rings. The first kappa shape index (κ1) is 19.2. The van der Waals surface area contributed by atoms with Crippen LogP contribution in [-0.2, 0) is 14.3 Å². The Morgan fingerprint density at radius 1 is 1.25 bits per heavy atom. The predicted molar refractivity (Wildman–Crippen MR) is 104 cm³/mol. The third-order valence-corrected chi connectivity index (χ3v) is 6.24. The molecule has 28 heavy (non-hydrogen) atoms. The molecule has 0 bridgehead atoms. The highest BCUT2D eigenvalue weighted by molar-refractivity contribution is 5.94. The minimum absolute atomic E-state index is 0.00368. The van der Waals surface area contributed by atoms with Crippen molar-refractivity contribution < 1.29 is 19.1 Å². The van der Waals surface area contributed by atoms with Crippen molar-refractivity contribution in [2.75, 3.05) is 31.7 Å². The summed E-state index contributed by atoms with van der Waals surface area (Å²) in [5, 5.41) is 3.11. The highest BCUT2D eigenvalue weighted by Crippen LogP contribution is 2.40. The molecule has 2 aliphatic carbocycles. The predicted octanol–water partition coefficient (Wildman–Crippen LogP) is 2.01. The van der Waals surface area contributed by atoms with Crippen LogP contribution in [-0.4, -0.2) is 55.8 Å². The van der Waals surface area contributed by atoms with Crippen molar-refractivity contribution in [1.82, 2.24) is 10.3 Å². The van der Waals surface area contributed by atoms with Crippen molar-refractivity contribution in [1.29, 1.82) is 0 Å². The van der Waals surface area contributed by atoms with Gasteiger partial charge in [-0.05, 0) is 55.6 Å². The van der Waals surface area contributed by atoms with Crippen LogP contribution in [0.25, 0.3) is 0 Å². The molecule has 1 aromatic rings. The van der Waals surface area contributed by atoms with E-state index in [1.54, 1.807) is 25.3 Å². The largest absolute Gasteiger partial charge is 0.465 e. The van der Waals surface area contributed by atoms with E-state index in [1.165, 1.54) is 20.0 Å². The van der Waals surface area contributed by atoms with E-state index in [4.69, 9.17) is 9.47 Å². The summed E-state index contributed by atoms with van der Waals surface area (Å²) < 4.78 is 11.1. The first-order valence-electron chi connectivity index (χ1n) is 10.2. The van der Waals surface area contributed by atoms with Crippen LogP contribution in [0.4, 0.5) is 5.82 Å². The third kappa shape index (κ3) is 4.14. The van der Waals surface area contributed by atoms with Crippen molar-refractivity contribution in [2.24, 2.45) is 17.8 Å². The van der Waals surface area contributed by atoms with Gasteiger partial charge in [-0.25, -0.2) is 9.78 Å². The molecule has 0 aromatic carbocycles. The van der Waals surface area contributed by atoms with E-state index in [-0.39, 0.29) is 24.0 Å². The summed E-state index contributed by atoms with van der Waals surface area (Å²) in [5.74, 6) is 1.95. The maximum Gasteiger partial charge on any atom is 0.341 e. The normalized spacial score (nSPS) is 29.3. The molecule has 0 radical (unpaired) electrons. The van der Waals surface area contributed by atoms with E-state index < -0.39 is 0 Å². The molecule has 152 valence electrons. The molecule has 2 heterocycles. The van der Waals surface area contributed by atoms with Crippen LogP contribution in [0.15, 0.2) is 18.3 Å². The van der Waals surface area contributed by atoms with Crippen LogP contribution >= 0.6 is 0 Å². The van der Waals surface area contributed by atoms with E-state index >= 15 is 0 Å². The van der Waals surface area contributed by atoms with Gasteiger partial charge in [0, 0.05) is 32.8 Å². The molecular formula is C21H29N3O4. The van der Waals surface area contributed by atoms with Gasteiger partial charge in [0.2, 0.25) is 5.91 Å². The second-order valence-electron chi connectivity index (χ2n) is 8.38. The minimum Gasteiger partial charge on any atom is -0.465 e. The lowest BCUT2D eigenvalue weighted by molar-refractivity contribution is -0.122. The lowest BCUT2D eigenvalue weighted by Gasteiger charge is -2.38. The van der Waals surface area contributed by atoms with Crippen molar-refractivity contribution in [3.8, 4) is 0 Å². The molecule has 7 heteroatoms. The summed E-state index contributed by atoms with van der Waals surface area (Å²) in [6.07, 6.45) is 6.12. The molecule has 1 aliphatic heterocycles. The summed E-state index contributed by atoms with van der Waals surface area (Å²) in [6.45, 7) is 4.05.